The van der Waals surface area contributed by atoms with Gasteiger partial charge in [0.05, 0.1) is 18.6 Å². The van der Waals surface area contributed by atoms with E-state index < -0.39 is 0 Å². The van der Waals surface area contributed by atoms with E-state index in [0.717, 1.165) is 30.1 Å². The Balaban J connectivity index is 1.33. The van der Waals surface area contributed by atoms with Gasteiger partial charge in [0.2, 0.25) is 11.7 Å². The molecule has 0 radical (unpaired) electrons. The SMILES string of the molecule is O=C(CSc1nnc(-c2ccco2)n1Cc1ccccc1)N1CCCC2CCCCC21. The smallest absolute Gasteiger partial charge is 0.233 e. The molecule has 1 amide bonds. The minimum atomic E-state index is 0.232. The number of thioether (sulfide) groups is 1. The van der Waals surface area contributed by atoms with Crippen molar-refractivity contribution in [1.82, 2.24) is 19.7 Å². The first-order valence-electron chi connectivity index (χ1n) is 11.2. The van der Waals surface area contributed by atoms with Gasteiger partial charge in [0.1, 0.15) is 0 Å². The standard InChI is InChI=1S/C24H28N4O2S/c29-22(27-14-6-11-19-10-4-5-12-20(19)27)17-31-24-26-25-23(21-13-7-15-30-21)28(24)16-18-8-2-1-3-9-18/h1-3,7-9,13,15,19-20H,4-6,10-12,14,16-17H2. The van der Waals surface area contributed by atoms with Crippen LogP contribution in [0.1, 0.15) is 44.1 Å². The fourth-order valence-corrected chi connectivity index (χ4v) is 5.86. The van der Waals surface area contributed by atoms with Gasteiger partial charge in [-0.2, -0.15) is 0 Å². The van der Waals surface area contributed by atoms with Gasteiger partial charge in [-0.05, 0) is 49.3 Å². The zero-order valence-corrected chi connectivity index (χ0v) is 18.5. The lowest BCUT2D eigenvalue weighted by Gasteiger charge is -2.44. The Morgan fingerprint density at radius 3 is 2.71 bits per heavy atom. The van der Waals surface area contributed by atoms with E-state index in [0.29, 0.717) is 35.8 Å². The Hall–Kier alpha value is -2.54. The summed E-state index contributed by atoms with van der Waals surface area (Å²) in [6.45, 7) is 1.53. The number of carbonyl (C=O) groups excluding carboxylic acids is 1. The molecule has 31 heavy (non-hydrogen) atoms. The lowest BCUT2D eigenvalue weighted by molar-refractivity contribution is -0.134. The molecular formula is C24H28N4O2S. The molecule has 1 saturated carbocycles. The summed E-state index contributed by atoms with van der Waals surface area (Å²) in [5.41, 5.74) is 1.16. The molecule has 2 atom stereocenters. The topological polar surface area (TPSA) is 64.2 Å². The first kappa shape index (κ1) is 20.4. The summed E-state index contributed by atoms with van der Waals surface area (Å²) in [4.78, 5) is 15.3. The summed E-state index contributed by atoms with van der Waals surface area (Å²) in [6, 6.07) is 14.4. The van der Waals surface area contributed by atoms with E-state index in [1.165, 1.54) is 37.4 Å². The van der Waals surface area contributed by atoms with E-state index in [1.54, 1.807) is 6.26 Å². The third-order valence-corrected chi connectivity index (χ3v) is 7.48. The molecule has 6 nitrogen and oxygen atoms in total. The minimum absolute atomic E-state index is 0.232. The molecule has 2 unspecified atom stereocenters. The quantitative estimate of drug-likeness (QED) is 0.517. The van der Waals surface area contributed by atoms with Gasteiger partial charge >= 0.3 is 0 Å². The van der Waals surface area contributed by atoms with Crippen molar-refractivity contribution in [3.05, 3.63) is 54.3 Å². The lowest BCUT2D eigenvalue weighted by Crippen LogP contribution is -2.50. The number of likely N-dealkylation sites (tertiary alicyclic amines) is 1. The Kier molecular flexibility index (Phi) is 6.11. The predicted octanol–water partition coefficient (Wildman–Crippen LogP) is 4.86. The first-order valence-corrected chi connectivity index (χ1v) is 12.2. The van der Waals surface area contributed by atoms with Gasteiger partial charge in [0.15, 0.2) is 10.9 Å². The molecule has 162 valence electrons. The summed E-state index contributed by atoms with van der Waals surface area (Å²) < 4.78 is 7.63. The molecule has 0 spiro atoms. The molecule has 1 saturated heterocycles. The van der Waals surface area contributed by atoms with Crippen molar-refractivity contribution in [1.29, 1.82) is 0 Å². The van der Waals surface area contributed by atoms with E-state index in [4.69, 9.17) is 4.42 Å². The maximum Gasteiger partial charge on any atom is 0.233 e. The number of nitrogens with zero attached hydrogens (tertiary/aromatic N) is 4. The molecule has 0 N–H and O–H groups in total. The largest absolute Gasteiger partial charge is 0.461 e. The fourth-order valence-electron chi connectivity index (χ4n) is 5.04. The summed E-state index contributed by atoms with van der Waals surface area (Å²) in [5.74, 6) is 2.70. The number of carbonyl (C=O) groups is 1. The number of aromatic nitrogens is 3. The van der Waals surface area contributed by atoms with Crippen LogP contribution < -0.4 is 0 Å². The van der Waals surface area contributed by atoms with Crippen LogP contribution in [0.3, 0.4) is 0 Å². The van der Waals surface area contributed by atoms with Crippen LogP contribution in [-0.2, 0) is 11.3 Å². The van der Waals surface area contributed by atoms with Gasteiger partial charge < -0.3 is 9.32 Å². The highest BCUT2D eigenvalue weighted by Crippen LogP contribution is 2.36. The van der Waals surface area contributed by atoms with Crippen LogP contribution in [0.25, 0.3) is 11.6 Å². The molecule has 3 aromatic rings. The number of rotatable bonds is 6. The number of piperidine rings is 1. The number of benzene rings is 1. The van der Waals surface area contributed by atoms with Crippen LogP contribution in [0.2, 0.25) is 0 Å². The Labute approximate surface area is 187 Å². The summed E-state index contributed by atoms with van der Waals surface area (Å²) >= 11 is 1.48. The third kappa shape index (κ3) is 4.42. The zero-order valence-electron chi connectivity index (χ0n) is 17.7. The molecule has 1 aliphatic carbocycles. The lowest BCUT2D eigenvalue weighted by atomic mass is 9.78. The minimum Gasteiger partial charge on any atom is -0.461 e. The van der Waals surface area contributed by atoms with Crippen LogP contribution in [0, 0.1) is 5.92 Å². The highest BCUT2D eigenvalue weighted by Gasteiger charge is 2.35. The Morgan fingerprint density at radius 1 is 1.03 bits per heavy atom. The second-order valence-corrected chi connectivity index (χ2v) is 9.43. The summed E-state index contributed by atoms with van der Waals surface area (Å²) in [6.07, 6.45) is 9.05. The van der Waals surface area contributed by atoms with E-state index >= 15 is 0 Å². The molecule has 2 aliphatic rings. The number of furan rings is 1. The molecule has 7 heteroatoms. The Bertz CT molecular complexity index is 1000. The average molecular weight is 437 g/mol. The van der Waals surface area contributed by atoms with Gasteiger partial charge in [0, 0.05) is 12.6 Å². The maximum atomic E-state index is 13.2. The number of hydrogen-bond donors (Lipinski definition) is 0. The van der Waals surface area contributed by atoms with Crippen molar-refractivity contribution in [2.75, 3.05) is 12.3 Å². The van der Waals surface area contributed by atoms with Crippen molar-refractivity contribution in [3.8, 4) is 11.6 Å². The highest BCUT2D eigenvalue weighted by atomic mass is 32.2. The summed E-state index contributed by atoms with van der Waals surface area (Å²) in [7, 11) is 0. The molecular weight excluding hydrogens is 408 g/mol. The van der Waals surface area contributed by atoms with E-state index in [2.05, 4.69) is 27.2 Å². The molecule has 2 aromatic heterocycles. The monoisotopic (exact) mass is 436 g/mol. The number of fused-ring (bicyclic) bond motifs is 1. The van der Waals surface area contributed by atoms with Gasteiger partial charge in [0.25, 0.3) is 0 Å². The molecule has 5 rings (SSSR count). The first-order chi connectivity index (χ1) is 15.3. The van der Waals surface area contributed by atoms with Gasteiger partial charge in [-0.3, -0.25) is 9.36 Å². The second kappa shape index (κ2) is 9.30. The fraction of sp³-hybridized carbons (Fsp3) is 0.458. The second-order valence-electron chi connectivity index (χ2n) is 8.49. The number of hydrogen-bond acceptors (Lipinski definition) is 5. The van der Waals surface area contributed by atoms with Crippen LogP contribution in [-0.4, -0.2) is 43.9 Å². The van der Waals surface area contributed by atoms with E-state index in [-0.39, 0.29) is 5.91 Å². The molecule has 1 aliphatic heterocycles. The van der Waals surface area contributed by atoms with Crippen LogP contribution in [0.5, 0.6) is 0 Å². The zero-order chi connectivity index (χ0) is 21.0. The molecule has 3 heterocycles. The van der Waals surface area contributed by atoms with Crippen LogP contribution in [0.4, 0.5) is 0 Å². The molecule has 1 aromatic carbocycles. The van der Waals surface area contributed by atoms with E-state index in [1.807, 2.05) is 34.9 Å². The predicted molar refractivity (Wildman–Crippen MR) is 121 cm³/mol. The Morgan fingerprint density at radius 2 is 1.87 bits per heavy atom. The van der Waals surface area contributed by atoms with Crippen LogP contribution in [0.15, 0.2) is 58.3 Å². The van der Waals surface area contributed by atoms with E-state index in [9.17, 15) is 4.79 Å². The van der Waals surface area contributed by atoms with Crippen LogP contribution >= 0.6 is 11.8 Å². The van der Waals surface area contributed by atoms with Gasteiger partial charge in [-0.1, -0.05) is 54.9 Å². The molecule has 0 bridgehead atoms. The van der Waals surface area contributed by atoms with Crippen molar-refractivity contribution in [3.63, 3.8) is 0 Å². The van der Waals surface area contributed by atoms with Gasteiger partial charge in [-0.15, -0.1) is 10.2 Å². The van der Waals surface area contributed by atoms with Crippen molar-refractivity contribution in [2.45, 2.75) is 56.3 Å². The average Bonchev–Trinajstić information content (AvgIpc) is 3.48. The third-order valence-electron chi connectivity index (χ3n) is 6.53. The molecule has 2 fully saturated rings. The van der Waals surface area contributed by atoms with Crippen molar-refractivity contribution in [2.24, 2.45) is 5.92 Å². The van der Waals surface area contributed by atoms with Gasteiger partial charge in [-0.25, -0.2) is 0 Å². The number of amides is 1. The summed E-state index contributed by atoms with van der Waals surface area (Å²) in [5, 5.41) is 9.55. The normalized spacial score (nSPS) is 21.1. The van der Waals surface area contributed by atoms with Crippen molar-refractivity contribution >= 4 is 17.7 Å². The maximum absolute atomic E-state index is 13.2. The van der Waals surface area contributed by atoms with Crippen molar-refractivity contribution < 1.29 is 9.21 Å². The highest BCUT2D eigenvalue weighted by molar-refractivity contribution is 7.99.